The van der Waals surface area contributed by atoms with E-state index in [4.69, 9.17) is 5.73 Å². The summed E-state index contributed by atoms with van der Waals surface area (Å²) < 4.78 is 0. The molecular weight excluding hydrogens is 230 g/mol. The highest BCUT2D eigenvalue weighted by Crippen LogP contribution is 2.56. The molecule has 4 atom stereocenters. The SMILES string of the molecule is NC[C@@H]1C2CCC(C2)[C@H]1c1ccc2ccccc2c1. The van der Waals surface area contributed by atoms with Gasteiger partial charge < -0.3 is 5.73 Å². The predicted molar refractivity (Wildman–Crippen MR) is 80.1 cm³/mol. The van der Waals surface area contributed by atoms with Gasteiger partial charge in [-0.2, -0.15) is 0 Å². The van der Waals surface area contributed by atoms with Gasteiger partial charge in [0, 0.05) is 0 Å². The molecule has 0 saturated heterocycles. The van der Waals surface area contributed by atoms with Crippen molar-refractivity contribution in [2.24, 2.45) is 23.5 Å². The van der Waals surface area contributed by atoms with Crippen molar-refractivity contribution in [3.8, 4) is 0 Å². The molecule has 19 heavy (non-hydrogen) atoms. The second kappa shape index (κ2) is 4.35. The third-order valence-electron chi connectivity index (χ3n) is 5.52. The number of rotatable bonds is 2. The first kappa shape index (κ1) is 11.5. The molecule has 2 aliphatic carbocycles. The van der Waals surface area contributed by atoms with E-state index in [1.54, 1.807) is 0 Å². The lowest BCUT2D eigenvalue weighted by atomic mass is 9.75. The molecule has 2 fully saturated rings. The molecule has 2 unspecified atom stereocenters. The van der Waals surface area contributed by atoms with Crippen LogP contribution in [-0.2, 0) is 0 Å². The zero-order valence-corrected chi connectivity index (χ0v) is 11.3. The Balaban J connectivity index is 1.77. The average molecular weight is 251 g/mol. The van der Waals surface area contributed by atoms with Gasteiger partial charge in [-0.25, -0.2) is 0 Å². The maximum atomic E-state index is 6.06. The molecule has 0 spiro atoms. The summed E-state index contributed by atoms with van der Waals surface area (Å²) in [6, 6.07) is 15.7. The molecule has 1 heteroatoms. The molecule has 2 saturated carbocycles. The summed E-state index contributed by atoms with van der Waals surface area (Å²) in [5.41, 5.74) is 7.59. The van der Waals surface area contributed by atoms with Crippen molar-refractivity contribution in [1.29, 1.82) is 0 Å². The van der Waals surface area contributed by atoms with Gasteiger partial charge >= 0.3 is 0 Å². The molecule has 2 N–H and O–H groups in total. The van der Waals surface area contributed by atoms with Crippen molar-refractivity contribution < 1.29 is 0 Å². The van der Waals surface area contributed by atoms with E-state index >= 15 is 0 Å². The van der Waals surface area contributed by atoms with Crippen LogP contribution >= 0.6 is 0 Å². The summed E-state index contributed by atoms with van der Waals surface area (Å²) in [5.74, 6) is 3.22. The lowest BCUT2D eigenvalue weighted by Gasteiger charge is -2.30. The minimum atomic E-state index is 0.716. The second-order valence-corrected chi connectivity index (χ2v) is 6.37. The van der Waals surface area contributed by atoms with Crippen LogP contribution in [0.25, 0.3) is 10.8 Å². The molecule has 2 bridgehead atoms. The van der Waals surface area contributed by atoms with Crippen molar-refractivity contribution in [1.82, 2.24) is 0 Å². The van der Waals surface area contributed by atoms with E-state index in [0.717, 1.165) is 24.3 Å². The third kappa shape index (κ3) is 1.72. The van der Waals surface area contributed by atoms with Gasteiger partial charge in [0.25, 0.3) is 0 Å². The fraction of sp³-hybridized carbons (Fsp3) is 0.444. The fourth-order valence-electron chi connectivity index (χ4n) is 4.68. The van der Waals surface area contributed by atoms with Crippen LogP contribution in [0.5, 0.6) is 0 Å². The Labute approximate surface area is 114 Å². The Morgan fingerprint density at radius 1 is 0.947 bits per heavy atom. The second-order valence-electron chi connectivity index (χ2n) is 6.37. The van der Waals surface area contributed by atoms with Crippen LogP contribution < -0.4 is 5.73 Å². The summed E-state index contributed by atoms with van der Waals surface area (Å²) in [6.45, 7) is 0.860. The summed E-state index contributed by atoms with van der Waals surface area (Å²) in [4.78, 5) is 0. The largest absolute Gasteiger partial charge is 0.330 e. The van der Waals surface area contributed by atoms with Crippen LogP contribution in [-0.4, -0.2) is 6.54 Å². The monoisotopic (exact) mass is 251 g/mol. The molecule has 0 radical (unpaired) electrons. The summed E-state index contributed by atoms with van der Waals surface area (Å²) >= 11 is 0. The molecule has 0 aliphatic heterocycles. The van der Waals surface area contributed by atoms with Gasteiger partial charge in [-0.1, -0.05) is 42.5 Å². The van der Waals surface area contributed by atoms with Crippen molar-refractivity contribution in [2.45, 2.75) is 25.2 Å². The third-order valence-corrected chi connectivity index (χ3v) is 5.52. The van der Waals surface area contributed by atoms with Crippen LogP contribution in [0, 0.1) is 17.8 Å². The highest BCUT2D eigenvalue weighted by atomic mass is 14.6. The highest BCUT2D eigenvalue weighted by molar-refractivity contribution is 5.83. The zero-order valence-electron chi connectivity index (χ0n) is 11.3. The molecule has 4 rings (SSSR count). The summed E-state index contributed by atoms with van der Waals surface area (Å²) in [6.07, 6.45) is 4.24. The molecule has 1 nitrogen and oxygen atoms in total. The van der Waals surface area contributed by atoms with Crippen LogP contribution in [0.3, 0.4) is 0 Å². The summed E-state index contributed by atoms with van der Waals surface area (Å²) in [7, 11) is 0. The van der Waals surface area contributed by atoms with Crippen LogP contribution in [0.2, 0.25) is 0 Å². The zero-order chi connectivity index (χ0) is 12.8. The van der Waals surface area contributed by atoms with Gasteiger partial charge in [0.15, 0.2) is 0 Å². The van der Waals surface area contributed by atoms with Crippen molar-refractivity contribution >= 4 is 10.8 Å². The fourth-order valence-corrected chi connectivity index (χ4v) is 4.68. The Kier molecular flexibility index (Phi) is 2.63. The van der Waals surface area contributed by atoms with Crippen LogP contribution in [0.4, 0.5) is 0 Å². The predicted octanol–water partition coefficient (Wildman–Crippen LogP) is 3.93. The molecule has 0 amide bonds. The van der Waals surface area contributed by atoms with Gasteiger partial charge in [0.2, 0.25) is 0 Å². The van der Waals surface area contributed by atoms with E-state index in [2.05, 4.69) is 42.5 Å². The van der Waals surface area contributed by atoms with E-state index in [1.165, 1.54) is 35.6 Å². The smallest absolute Gasteiger partial charge is 0.00403 e. The normalized spacial score (nSPS) is 33.1. The highest BCUT2D eigenvalue weighted by Gasteiger charge is 2.47. The van der Waals surface area contributed by atoms with Crippen molar-refractivity contribution in [3.05, 3.63) is 48.0 Å². The number of benzene rings is 2. The van der Waals surface area contributed by atoms with Gasteiger partial charge in [-0.3, -0.25) is 0 Å². The van der Waals surface area contributed by atoms with Gasteiger partial charge in [-0.05, 0) is 65.8 Å². The van der Waals surface area contributed by atoms with Gasteiger partial charge in [0.1, 0.15) is 0 Å². The van der Waals surface area contributed by atoms with Gasteiger partial charge in [0.05, 0.1) is 0 Å². The number of nitrogens with two attached hydrogens (primary N) is 1. The van der Waals surface area contributed by atoms with E-state index in [9.17, 15) is 0 Å². The molecule has 2 aromatic carbocycles. The molecule has 2 aromatic rings. The summed E-state index contributed by atoms with van der Waals surface area (Å²) in [5, 5.41) is 2.72. The number of hydrogen-bond acceptors (Lipinski definition) is 1. The minimum absolute atomic E-state index is 0.716. The molecule has 2 aliphatic rings. The molecular formula is C18H21N. The van der Waals surface area contributed by atoms with Crippen LogP contribution in [0.15, 0.2) is 42.5 Å². The Bertz CT molecular complexity index is 603. The maximum absolute atomic E-state index is 6.06. The molecule has 0 aromatic heterocycles. The minimum Gasteiger partial charge on any atom is -0.330 e. The topological polar surface area (TPSA) is 26.0 Å². The van der Waals surface area contributed by atoms with E-state index < -0.39 is 0 Å². The van der Waals surface area contributed by atoms with Gasteiger partial charge in [-0.15, -0.1) is 0 Å². The Hall–Kier alpha value is -1.34. The quantitative estimate of drug-likeness (QED) is 0.860. The first-order valence-electron chi connectivity index (χ1n) is 7.55. The van der Waals surface area contributed by atoms with Crippen molar-refractivity contribution in [2.75, 3.05) is 6.54 Å². The Morgan fingerprint density at radius 3 is 2.58 bits per heavy atom. The Morgan fingerprint density at radius 2 is 1.74 bits per heavy atom. The number of fused-ring (bicyclic) bond motifs is 3. The maximum Gasteiger partial charge on any atom is -0.00403 e. The van der Waals surface area contributed by atoms with Crippen LogP contribution in [0.1, 0.15) is 30.7 Å². The first-order valence-corrected chi connectivity index (χ1v) is 7.55. The first-order chi connectivity index (χ1) is 9.36. The molecule has 98 valence electrons. The van der Waals surface area contributed by atoms with E-state index in [1.807, 2.05) is 0 Å². The van der Waals surface area contributed by atoms with Crippen molar-refractivity contribution in [3.63, 3.8) is 0 Å². The molecule has 0 heterocycles. The lowest BCUT2D eigenvalue weighted by Crippen LogP contribution is -2.27. The number of hydrogen-bond donors (Lipinski definition) is 1. The van der Waals surface area contributed by atoms with E-state index in [-0.39, 0.29) is 0 Å². The average Bonchev–Trinajstić information content (AvgIpc) is 3.07. The lowest BCUT2D eigenvalue weighted by molar-refractivity contribution is 0.295. The standard InChI is InChI=1S/C18H21N/c19-11-17-14-6-8-16(10-14)18(17)15-7-5-12-3-1-2-4-13(12)9-15/h1-5,7,9,14,16-18H,6,8,10-11,19H2/t14?,16?,17-,18-/m1/s1. The van der Waals surface area contributed by atoms with E-state index in [0.29, 0.717) is 5.92 Å².